The maximum atomic E-state index is 10.7. The van der Waals surface area contributed by atoms with E-state index in [0.717, 1.165) is 0 Å². The fraction of sp³-hybridized carbons (Fsp3) is 0.833. The van der Waals surface area contributed by atoms with E-state index in [4.69, 9.17) is 10.2 Å². The van der Waals surface area contributed by atoms with E-state index in [1.807, 2.05) is 0 Å². The first-order valence-corrected chi connectivity index (χ1v) is 2.96. The molecule has 0 bridgehead atoms. The Morgan fingerprint density at radius 2 is 2.11 bits per heavy atom. The number of carbonyl (C=O) groups is 1. The zero-order chi connectivity index (χ0) is 7.28. The Bertz CT molecular complexity index is 90.3. The maximum Gasteiger partial charge on any atom is 0.140 e. The number of hydrogen-bond acceptors (Lipinski definition) is 3. The molecule has 3 heteroatoms. The minimum Gasteiger partial charge on any atom is -0.396 e. The zero-order valence-electron chi connectivity index (χ0n) is 5.50. The van der Waals surface area contributed by atoms with Crippen molar-refractivity contribution in [3.63, 3.8) is 0 Å². The molecule has 0 radical (unpaired) electrons. The Kier molecular flexibility index (Phi) is 4.26. The maximum absolute atomic E-state index is 10.7. The van der Waals surface area contributed by atoms with Gasteiger partial charge in [-0.25, -0.2) is 0 Å². The molecule has 0 aliphatic rings. The van der Waals surface area contributed by atoms with Gasteiger partial charge in [0.1, 0.15) is 5.78 Å². The van der Waals surface area contributed by atoms with Crippen LogP contribution in [0, 0.1) is 5.92 Å². The number of rotatable bonds is 4. The van der Waals surface area contributed by atoms with Crippen LogP contribution in [0.15, 0.2) is 0 Å². The van der Waals surface area contributed by atoms with Crippen LogP contribution in [0.3, 0.4) is 0 Å². The molecule has 0 aliphatic carbocycles. The molecule has 0 saturated heterocycles. The van der Waals surface area contributed by atoms with Gasteiger partial charge in [0.15, 0.2) is 0 Å². The summed E-state index contributed by atoms with van der Waals surface area (Å²) in [4.78, 5) is 10.7. The molecule has 0 amide bonds. The van der Waals surface area contributed by atoms with Crippen molar-refractivity contribution < 1.29 is 15.0 Å². The van der Waals surface area contributed by atoms with E-state index >= 15 is 0 Å². The van der Waals surface area contributed by atoms with Crippen LogP contribution in [0.2, 0.25) is 0 Å². The Labute approximate surface area is 54.3 Å². The Morgan fingerprint density at radius 3 is 2.44 bits per heavy atom. The number of aliphatic hydroxyl groups is 2. The van der Waals surface area contributed by atoms with Gasteiger partial charge in [0.25, 0.3) is 0 Å². The van der Waals surface area contributed by atoms with Crippen LogP contribution in [0.5, 0.6) is 0 Å². The van der Waals surface area contributed by atoms with Gasteiger partial charge in [0, 0.05) is 18.9 Å². The van der Waals surface area contributed by atoms with Gasteiger partial charge in [0.05, 0.1) is 6.61 Å². The number of aliphatic hydroxyl groups excluding tert-OH is 2. The van der Waals surface area contributed by atoms with Crippen LogP contribution in [0.4, 0.5) is 0 Å². The molecular formula is C6H12O3. The second-order valence-corrected chi connectivity index (χ2v) is 2.02. The first-order valence-electron chi connectivity index (χ1n) is 2.96. The second kappa shape index (κ2) is 4.47. The molecule has 3 nitrogen and oxygen atoms in total. The predicted molar refractivity (Wildman–Crippen MR) is 33.0 cm³/mol. The van der Waals surface area contributed by atoms with Gasteiger partial charge in [-0.2, -0.15) is 0 Å². The lowest BCUT2D eigenvalue weighted by Crippen LogP contribution is -2.15. The summed E-state index contributed by atoms with van der Waals surface area (Å²) in [5, 5.41) is 16.7. The lowest BCUT2D eigenvalue weighted by Gasteiger charge is -2.02. The van der Waals surface area contributed by atoms with Gasteiger partial charge >= 0.3 is 0 Å². The lowest BCUT2D eigenvalue weighted by atomic mass is 10.1. The molecule has 54 valence electrons. The number of Topliss-reactive ketones (excluding diaryl/α,β-unsaturated/α-hetero) is 1. The highest BCUT2D eigenvalue weighted by molar-refractivity contribution is 5.80. The molecular weight excluding hydrogens is 120 g/mol. The zero-order valence-corrected chi connectivity index (χ0v) is 5.50. The number of hydrogen-bond donors (Lipinski definition) is 2. The van der Waals surface area contributed by atoms with Gasteiger partial charge in [-0.05, 0) is 0 Å². The highest BCUT2D eigenvalue weighted by Crippen LogP contribution is 1.97. The van der Waals surface area contributed by atoms with Crippen molar-refractivity contribution in [2.24, 2.45) is 5.92 Å². The third kappa shape index (κ3) is 3.21. The summed E-state index contributed by atoms with van der Waals surface area (Å²) in [6.45, 7) is 1.39. The largest absolute Gasteiger partial charge is 0.396 e. The van der Waals surface area contributed by atoms with Crippen LogP contribution in [0.1, 0.15) is 13.3 Å². The smallest absolute Gasteiger partial charge is 0.140 e. The molecule has 1 unspecified atom stereocenters. The van der Waals surface area contributed by atoms with Crippen molar-refractivity contribution in [3.05, 3.63) is 0 Å². The Morgan fingerprint density at radius 1 is 1.56 bits per heavy atom. The Balaban J connectivity index is 3.46. The predicted octanol–water partition coefficient (Wildman–Crippen LogP) is -0.434. The minimum atomic E-state index is -0.322. The quantitative estimate of drug-likeness (QED) is 0.545. The average molecular weight is 132 g/mol. The van der Waals surface area contributed by atoms with E-state index in [2.05, 4.69) is 0 Å². The van der Waals surface area contributed by atoms with E-state index in [-0.39, 0.29) is 31.3 Å². The topological polar surface area (TPSA) is 57.5 Å². The van der Waals surface area contributed by atoms with Crippen molar-refractivity contribution in [2.75, 3.05) is 13.2 Å². The van der Waals surface area contributed by atoms with E-state index in [0.29, 0.717) is 0 Å². The van der Waals surface area contributed by atoms with Crippen LogP contribution < -0.4 is 0 Å². The highest BCUT2D eigenvalue weighted by atomic mass is 16.3. The van der Waals surface area contributed by atoms with Crippen molar-refractivity contribution in [3.8, 4) is 0 Å². The number of carbonyl (C=O) groups excluding carboxylic acids is 1. The van der Waals surface area contributed by atoms with Crippen LogP contribution in [-0.2, 0) is 4.79 Å². The SMILES string of the molecule is CC(CO)C(=O)CCO. The molecule has 1 atom stereocenters. The molecule has 0 aliphatic heterocycles. The normalized spacial score (nSPS) is 13.2. The van der Waals surface area contributed by atoms with Crippen LogP contribution >= 0.6 is 0 Å². The fourth-order valence-corrected chi connectivity index (χ4v) is 0.458. The summed E-state index contributed by atoms with van der Waals surface area (Å²) < 4.78 is 0. The van der Waals surface area contributed by atoms with Crippen LogP contribution in [-0.4, -0.2) is 29.2 Å². The van der Waals surface area contributed by atoms with Gasteiger partial charge in [-0.15, -0.1) is 0 Å². The molecule has 0 aromatic rings. The van der Waals surface area contributed by atoms with Gasteiger partial charge in [-0.1, -0.05) is 6.92 Å². The summed E-state index contributed by atoms with van der Waals surface area (Å²) in [7, 11) is 0. The second-order valence-electron chi connectivity index (χ2n) is 2.02. The fourth-order valence-electron chi connectivity index (χ4n) is 0.458. The van der Waals surface area contributed by atoms with Crippen molar-refractivity contribution in [1.29, 1.82) is 0 Å². The molecule has 0 rings (SSSR count). The van der Waals surface area contributed by atoms with Crippen molar-refractivity contribution in [2.45, 2.75) is 13.3 Å². The van der Waals surface area contributed by atoms with E-state index in [9.17, 15) is 4.79 Å². The molecule has 0 spiro atoms. The molecule has 9 heavy (non-hydrogen) atoms. The molecule has 0 aromatic heterocycles. The third-order valence-electron chi connectivity index (χ3n) is 1.18. The first kappa shape index (κ1) is 8.59. The van der Waals surface area contributed by atoms with Crippen molar-refractivity contribution >= 4 is 5.78 Å². The molecule has 0 fully saturated rings. The average Bonchev–Trinajstić information content (AvgIpc) is 1.87. The summed E-state index contributed by atoms with van der Waals surface area (Å²) in [5.41, 5.74) is 0. The molecule has 0 saturated carbocycles. The monoisotopic (exact) mass is 132 g/mol. The van der Waals surface area contributed by atoms with Gasteiger partial charge < -0.3 is 10.2 Å². The van der Waals surface area contributed by atoms with E-state index in [1.165, 1.54) is 0 Å². The van der Waals surface area contributed by atoms with Gasteiger partial charge in [0.2, 0.25) is 0 Å². The van der Waals surface area contributed by atoms with E-state index < -0.39 is 0 Å². The lowest BCUT2D eigenvalue weighted by molar-refractivity contribution is -0.124. The summed E-state index contributed by atoms with van der Waals surface area (Å²) in [5.74, 6) is -0.405. The molecule has 0 aromatic carbocycles. The summed E-state index contributed by atoms with van der Waals surface area (Å²) in [6, 6.07) is 0. The van der Waals surface area contributed by atoms with E-state index in [1.54, 1.807) is 6.92 Å². The number of ketones is 1. The summed E-state index contributed by atoms with van der Waals surface area (Å²) >= 11 is 0. The highest BCUT2D eigenvalue weighted by Gasteiger charge is 2.09. The standard InChI is InChI=1S/C6H12O3/c1-5(4-8)6(9)2-3-7/h5,7-8H,2-4H2,1H3. The first-order chi connectivity index (χ1) is 4.22. The third-order valence-corrected chi connectivity index (χ3v) is 1.18. The Hall–Kier alpha value is -0.410. The minimum absolute atomic E-state index is 0.0833. The molecule has 2 N–H and O–H groups in total. The van der Waals surface area contributed by atoms with Crippen molar-refractivity contribution in [1.82, 2.24) is 0 Å². The molecule has 0 heterocycles. The van der Waals surface area contributed by atoms with Crippen LogP contribution in [0.25, 0.3) is 0 Å². The van der Waals surface area contributed by atoms with Gasteiger partial charge in [-0.3, -0.25) is 4.79 Å². The summed E-state index contributed by atoms with van der Waals surface area (Å²) in [6.07, 6.45) is 0.154.